The number of nitrogens with two attached hydrogens (primary N) is 1. The zero-order valence-corrected chi connectivity index (χ0v) is 9.22. The van der Waals surface area contributed by atoms with E-state index in [0.29, 0.717) is 19.6 Å². The van der Waals surface area contributed by atoms with E-state index in [1.165, 1.54) is 0 Å². The maximum atomic E-state index is 10.3. The minimum absolute atomic E-state index is 0.323. The summed E-state index contributed by atoms with van der Waals surface area (Å²) in [4.78, 5) is 0. The number of hydrogen-bond donors (Lipinski definition) is 2. The van der Waals surface area contributed by atoms with Gasteiger partial charge in [0, 0.05) is 7.11 Å². The third-order valence-corrected chi connectivity index (χ3v) is 2.92. The first-order chi connectivity index (χ1) is 6.73. The molecule has 1 unspecified atom stereocenters. The lowest BCUT2D eigenvalue weighted by Crippen LogP contribution is -2.31. The molecule has 0 aromatic carbocycles. The molecule has 4 heteroatoms. The van der Waals surface area contributed by atoms with Crippen LogP contribution in [0.3, 0.4) is 0 Å². The van der Waals surface area contributed by atoms with Gasteiger partial charge in [0.1, 0.15) is 5.60 Å². The quantitative estimate of drug-likeness (QED) is 0.752. The van der Waals surface area contributed by atoms with Crippen LogP contribution in [0.2, 0.25) is 0 Å². The molecule has 1 aromatic heterocycles. The average molecular weight is 215 g/mol. The summed E-state index contributed by atoms with van der Waals surface area (Å²) in [5.74, 6) is 0. The van der Waals surface area contributed by atoms with E-state index < -0.39 is 5.60 Å². The molecule has 0 radical (unpaired) electrons. The van der Waals surface area contributed by atoms with Gasteiger partial charge in [-0.3, -0.25) is 0 Å². The van der Waals surface area contributed by atoms with Gasteiger partial charge in [-0.15, -0.1) is 0 Å². The summed E-state index contributed by atoms with van der Waals surface area (Å²) in [6.07, 6.45) is 1.45. The first-order valence-electron chi connectivity index (χ1n) is 4.67. The third-order valence-electron chi connectivity index (χ3n) is 2.24. The maximum absolute atomic E-state index is 10.3. The Hall–Kier alpha value is -0.420. The lowest BCUT2D eigenvalue weighted by molar-refractivity contribution is -0.0426. The van der Waals surface area contributed by atoms with Crippen molar-refractivity contribution in [3.63, 3.8) is 0 Å². The average Bonchev–Trinajstić information content (AvgIpc) is 2.68. The number of ether oxygens (including phenoxy) is 1. The summed E-state index contributed by atoms with van der Waals surface area (Å²) >= 11 is 1.58. The Kier molecular flexibility index (Phi) is 4.54. The van der Waals surface area contributed by atoms with Crippen molar-refractivity contribution in [2.45, 2.75) is 18.4 Å². The third kappa shape index (κ3) is 2.78. The number of aliphatic hydroxyl groups is 1. The molecule has 0 spiro atoms. The molecule has 80 valence electrons. The van der Waals surface area contributed by atoms with Crippen molar-refractivity contribution >= 4 is 11.3 Å². The largest absolute Gasteiger partial charge is 0.383 e. The van der Waals surface area contributed by atoms with Crippen molar-refractivity contribution < 1.29 is 9.84 Å². The van der Waals surface area contributed by atoms with Gasteiger partial charge >= 0.3 is 0 Å². The van der Waals surface area contributed by atoms with Crippen LogP contribution in [-0.4, -0.2) is 25.4 Å². The molecular formula is C10H17NO2S. The smallest absolute Gasteiger partial charge is 0.114 e. The van der Waals surface area contributed by atoms with Gasteiger partial charge in [-0.2, -0.15) is 11.3 Å². The van der Waals surface area contributed by atoms with Gasteiger partial charge in [0.25, 0.3) is 0 Å². The summed E-state index contributed by atoms with van der Waals surface area (Å²) < 4.78 is 5.04. The molecule has 1 atom stereocenters. The standard InChI is InChI=1S/C10H17NO2S/c1-13-8-10(12,4-2-5-11)9-3-6-14-7-9/h3,6-7,12H,2,4-5,8,11H2,1H3. The lowest BCUT2D eigenvalue weighted by atomic mass is 9.92. The van der Waals surface area contributed by atoms with E-state index in [2.05, 4.69) is 0 Å². The van der Waals surface area contributed by atoms with Crippen LogP contribution in [0.4, 0.5) is 0 Å². The normalized spacial score (nSPS) is 15.4. The number of hydrogen-bond acceptors (Lipinski definition) is 4. The second-order valence-corrected chi connectivity index (χ2v) is 4.15. The molecule has 0 aliphatic carbocycles. The molecule has 0 aliphatic heterocycles. The number of thiophene rings is 1. The van der Waals surface area contributed by atoms with E-state index in [4.69, 9.17) is 10.5 Å². The topological polar surface area (TPSA) is 55.5 Å². The van der Waals surface area contributed by atoms with Crippen LogP contribution in [0.25, 0.3) is 0 Å². The predicted octanol–water partition coefficient (Wildman–Crippen LogP) is 1.32. The van der Waals surface area contributed by atoms with Gasteiger partial charge in [0.05, 0.1) is 6.61 Å². The monoisotopic (exact) mass is 215 g/mol. The summed E-state index contributed by atoms with van der Waals surface area (Å²) in [5.41, 5.74) is 5.50. The number of methoxy groups -OCH3 is 1. The van der Waals surface area contributed by atoms with Crippen molar-refractivity contribution in [2.75, 3.05) is 20.3 Å². The molecule has 0 fully saturated rings. The lowest BCUT2D eigenvalue weighted by Gasteiger charge is -2.26. The fourth-order valence-electron chi connectivity index (χ4n) is 1.46. The van der Waals surface area contributed by atoms with E-state index >= 15 is 0 Å². The predicted molar refractivity (Wildman–Crippen MR) is 58.4 cm³/mol. The first kappa shape index (κ1) is 11.7. The second kappa shape index (κ2) is 5.46. The van der Waals surface area contributed by atoms with Crippen molar-refractivity contribution in [2.24, 2.45) is 5.73 Å². The van der Waals surface area contributed by atoms with Crippen LogP contribution in [-0.2, 0) is 10.3 Å². The Balaban J connectivity index is 2.70. The fraction of sp³-hybridized carbons (Fsp3) is 0.600. The minimum Gasteiger partial charge on any atom is -0.383 e. The Labute approximate surface area is 88.5 Å². The first-order valence-corrected chi connectivity index (χ1v) is 5.61. The highest BCUT2D eigenvalue weighted by Crippen LogP contribution is 2.28. The molecule has 1 heterocycles. The minimum atomic E-state index is -0.867. The van der Waals surface area contributed by atoms with Gasteiger partial charge in [0.15, 0.2) is 0 Å². The van der Waals surface area contributed by atoms with Gasteiger partial charge in [-0.1, -0.05) is 0 Å². The molecule has 3 N–H and O–H groups in total. The van der Waals surface area contributed by atoms with Gasteiger partial charge < -0.3 is 15.6 Å². The van der Waals surface area contributed by atoms with Crippen LogP contribution in [0.5, 0.6) is 0 Å². The molecule has 0 saturated carbocycles. The van der Waals surface area contributed by atoms with E-state index in [9.17, 15) is 5.11 Å². The molecule has 3 nitrogen and oxygen atoms in total. The highest BCUT2D eigenvalue weighted by molar-refractivity contribution is 7.08. The molecular weight excluding hydrogens is 198 g/mol. The van der Waals surface area contributed by atoms with Crippen LogP contribution in [0.15, 0.2) is 16.8 Å². The molecule has 0 bridgehead atoms. The molecule has 14 heavy (non-hydrogen) atoms. The Morgan fingerprint density at radius 2 is 2.43 bits per heavy atom. The summed E-state index contributed by atoms with van der Waals surface area (Å²) in [5, 5.41) is 14.2. The van der Waals surface area contributed by atoms with Crippen LogP contribution < -0.4 is 5.73 Å². The molecule has 0 amide bonds. The molecule has 1 aromatic rings. The second-order valence-electron chi connectivity index (χ2n) is 3.37. The molecule has 1 rings (SSSR count). The maximum Gasteiger partial charge on any atom is 0.114 e. The van der Waals surface area contributed by atoms with E-state index in [1.807, 2.05) is 16.8 Å². The van der Waals surface area contributed by atoms with Gasteiger partial charge in [0.2, 0.25) is 0 Å². The summed E-state index contributed by atoms with van der Waals surface area (Å²) in [6.45, 7) is 0.917. The zero-order chi connectivity index (χ0) is 10.4. The van der Waals surface area contributed by atoms with Crippen molar-refractivity contribution in [1.29, 1.82) is 0 Å². The summed E-state index contributed by atoms with van der Waals surface area (Å²) in [6, 6.07) is 1.93. The van der Waals surface area contributed by atoms with Crippen LogP contribution in [0.1, 0.15) is 18.4 Å². The van der Waals surface area contributed by atoms with Gasteiger partial charge in [-0.25, -0.2) is 0 Å². The Morgan fingerprint density at radius 1 is 1.64 bits per heavy atom. The highest BCUT2D eigenvalue weighted by Gasteiger charge is 2.28. The van der Waals surface area contributed by atoms with E-state index in [0.717, 1.165) is 12.0 Å². The van der Waals surface area contributed by atoms with Crippen molar-refractivity contribution in [1.82, 2.24) is 0 Å². The van der Waals surface area contributed by atoms with Crippen LogP contribution >= 0.6 is 11.3 Å². The summed E-state index contributed by atoms with van der Waals surface area (Å²) in [7, 11) is 1.60. The zero-order valence-electron chi connectivity index (χ0n) is 8.40. The Morgan fingerprint density at radius 3 is 2.93 bits per heavy atom. The molecule has 0 aliphatic rings. The SMILES string of the molecule is COCC(O)(CCCN)c1ccsc1. The van der Waals surface area contributed by atoms with E-state index in [-0.39, 0.29) is 0 Å². The fourth-order valence-corrected chi connectivity index (χ4v) is 2.21. The van der Waals surface area contributed by atoms with Gasteiger partial charge in [-0.05, 0) is 41.8 Å². The Bertz CT molecular complexity index is 251. The highest BCUT2D eigenvalue weighted by atomic mass is 32.1. The van der Waals surface area contributed by atoms with Crippen LogP contribution in [0, 0.1) is 0 Å². The number of rotatable bonds is 6. The van der Waals surface area contributed by atoms with Crippen molar-refractivity contribution in [3.05, 3.63) is 22.4 Å². The molecule has 0 saturated heterocycles. The van der Waals surface area contributed by atoms with Crippen molar-refractivity contribution in [3.8, 4) is 0 Å². The van der Waals surface area contributed by atoms with E-state index in [1.54, 1.807) is 18.4 Å².